The van der Waals surface area contributed by atoms with Gasteiger partial charge in [0.1, 0.15) is 5.78 Å². The van der Waals surface area contributed by atoms with E-state index in [0.717, 1.165) is 31.4 Å². The van der Waals surface area contributed by atoms with Crippen LogP contribution in [0.2, 0.25) is 0 Å². The zero-order chi connectivity index (χ0) is 23.8. The number of ketones is 1. The largest absolute Gasteiger partial charge is 0.469 e. The SMILES string of the molecule is COC(=O)[C@]1(C)[C@@H]2CC(=O)[C@@H]3[C@@H](C)/C(=C/C(=O)NCCN(C)C)CC[C@@H]3[C@@]2(C)CC[C@@H]1O. The van der Waals surface area contributed by atoms with Gasteiger partial charge in [-0.25, -0.2) is 0 Å². The molecule has 180 valence electrons. The van der Waals surface area contributed by atoms with Crippen molar-refractivity contribution in [1.29, 1.82) is 0 Å². The molecule has 0 unspecified atom stereocenters. The maximum absolute atomic E-state index is 13.5. The number of aliphatic hydroxyl groups excluding tert-OH is 1. The molecule has 7 atom stereocenters. The van der Waals surface area contributed by atoms with Crippen LogP contribution in [0.3, 0.4) is 0 Å². The summed E-state index contributed by atoms with van der Waals surface area (Å²) in [6.07, 6.45) is 4.07. The molecule has 0 spiro atoms. The fourth-order valence-electron chi connectivity index (χ4n) is 6.94. The molecule has 7 heteroatoms. The topological polar surface area (TPSA) is 95.9 Å². The van der Waals surface area contributed by atoms with Crippen LogP contribution in [0, 0.1) is 34.5 Å². The monoisotopic (exact) mass is 448 g/mol. The summed E-state index contributed by atoms with van der Waals surface area (Å²) in [5.41, 5.74) is -0.265. The number of fused-ring (bicyclic) bond motifs is 3. The van der Waals surface area contributed by atoms with E-state index in [1.165, 1.54) is 7.11 Å². The minimum Gasteiger partial charge on any atom is -0.469 e. The number of rotatable bonds is 5. The average molecular weight is 449 g/mol. The van der Waals surface area contributed by atoms with Crippen molar-refractivity contribution >= 4 is 17.7 Å². The highest BCUT2D eigenvalue weighted by Gasteiger charge is 2.65. The molecule has 32 heavy (non-hydrogen) atoms. The predicted octanol–water partition coefficient (Wildman–Crippen LogP) is 2.18. The number of amides is 1. The van der Waals surface area contributed by atoms with Crippen LogP contribution in [0.15, 0.2) is 11.6 Å². The van der Waals surface area contributed by atoms with Crippen LogP contribution in [0.25, 0.3) is 0 Å². The number of ether oxygens (including phenoxy) is 1. The Kier molecular flexibility index (Phi) is 7.20. The lowest BCUT2D eigenvalue weighted by molar-refractivity contribution is -0.197. The molecule has 3 rings (SSSR count). The second kappa shape index (κ2) is 9.26. The van der Waals surface area contributed by atoms with Gasteiger partial charge < -0.3 is 20.1 Å². The number of hydrogen-bond donors (Lipinski definition) is 2. The Morgan fingerprint density at radius 3 is 2.59 bits per heavy atom. The molecule has 7 nitrogen and oxygen atoms in total. The Hall–Kier alpha value is -1.73. The summed E-state index contributed by atoms with van der Waals surface area (Å²) in [6, 6.07) is 0. The van der Waals surface area contributed by atoms with Crippen LogP contribution in [-0.4, -0.2) is 68.1 Å². The number of nitrogens with one attached hydrogen (secondary N) is 1. The summed E-state index contributed by atoms with van der Waals surface area (Å²) in [5, 5.41) is 13.7. The third-order valence-electron chi connectivity index (χ3n) is 8.89. The average Bonchev–Trinajstić information content (AvgIpc) is 2.73. The van der Waals surface area contributed by atoms with Crippen molar-refractivity contribution in [2.45, 2.75) is 59.0 Å². The number of Topliss-reactive ketones (excluding diaryl/α,β-unsaturated/α-hetero) is 1. The van der Waals surface area contributed by atoms with Crippen molar-refractivity contribution in [2.75, 3.05) is 34.3 Å². The van der Waals surface area contributed by atoms with Crippen LogP contribution in [0.5, 0.6) is 0 Å². The quantitative estimate of drug-likeness (QED) is 0.494. The number of allylic oxidation sites excluding steroid dienone is 1. The minimum absolute atomic E-state index is 0.00476. The number of methoxy groups -OCH3 is 1. The molecule has 3 aliphatic carbocycles. The molecule has 0 aliphatic heterocycles. The summed E-state index contributed by atoms with van der Waals surface area (Å²) < 4.78 is 5.09. The molecule has 3 saturated carbocycles. The third-order valence-corrected chi connectivity index (χ3v) is 8.89. The van der Waals surface area contributed by atoms with E-state index in [1.54, 1.807) is 13.0 Å². The first-order chi connectivity index (χ1) is 15.0. The van der Waals surface area contributed by atoms with E-state index in [-0.39, 0.29) is 47.2 Å². The van der Waals surface area contributed by atoms with E-state index in [4.69, 9.17) is 4.74 Å². The first-order valence-corrected chi connectivity index (χ1v) is 11.9. The number of esters is 1. The molecule has 0 saturated heterocycles. The fraction of sp³-hybridized carbons (Fsp3) is 0.800. The predicted molar refractivity (Wildman–Crippen MR) is 122 cm³/mol. The van der Waals surface area contributed by atoms with Crippen LogP contribution in [0.1, 0.15) is 52.9 Å². The third kappa shape index (κ3) is 4.14. The van der Waals surface area contributed by atoms with Crippen molar-refractivity contribution in [3.8, 4) is 0 Å². The molecule has 0 heterocycles. The molecular weight excluding hydrogens is 408 g/mol. The first-order valence-electron chi connectivity index (χ1n) is 11.9. The van der Waals surface area contributed by atoms with E-state index in [0.29, 0.717) is 13.0 Å². The Balaban J connectivity index is 1.84. The summed E-state index contributed by atoms with van der Waals surface area (Å²) >= 11 is 0. The van der Waals surface area contributed by atoms with Crippen molar-refractivity contribution < 1.29 is 24.2 Å². The minimum atomic E-state index is -1.08. The number of nitrogens with zero attached hydrogens (tertiary/aromatic N) is 1. The highest BCUT2D eigenvalue weighted by atomic mass is 16.5. The van der Waals surface area contributed by atoms with Crippen molar-refractivity contribution in [1.82, 2.24) is 10.2 Å². The maximum Gasteiger partial charge on any atom is 0.314 e. The van der Waals surface area contributed by atoms with Gasteiger partial charge >= 0.3 is 5.97 Å². The molecule has 0 aromatic carbocycles. The number of carbonyl (C=O) groups is 3. The smallest absolute Gasteiger partial charge is 0.314 e. The molecule has 0 aromatic rings. The van der Waals surface area contributed by atoms with E-state index in [2.05, 4.69) is 19.2 Å². The van der Waals surface area contributed by atoms with E-state index < -0.39 is 17.5 Å². The van der Waals surface area contributed by atoms with Gasteiger partial charge in [-0.15, -0.1) is 0 Å². The summed E-state index contributed by atoms with van der Waals surface area (Å²) in [4.78, 5) is 40.7. The van der Waals surface area contributed by atoms with Crippen molar-refractivity contribution in [3.63, 3.8) is 0 Å². The van der Waals surface area contributed by atoms with E-state index in [1.807, 2.05) is 19.0 Å². The molecule has 3 fully saturated rings. The number of aliphatic hydroxyl groups is 1. The lowest BCUT2D eigenvalue weighted by Crippen LogP contribution is -2.63. The molecule has 0 bridgehead atoms. The Labute approximate surface area is 191 Å². The van der Waals surface area contributed by atoms with Gasteiger partial charge in [0.25, 0.3) is 0 Å². The Bertz CT molecular complexity index is 793. The van der Waals surface area contributed by atoms with E-state index >= 15 is 0 Å². The zero-order valence-electron chi connectivity index (χ0n) is 20.4. The Morgan fingerprint density at radius 2 is 1.97 bits per heavy atom. The standard InChI is InChI=1S/C25H40N2O5/c1-15-16(13-21(30)26-11-12-27(4)5)7-8-17-22(15)18(28)14-19-24(17,2)10-9-20(29)25(19,3)23(31)32-6/h13,15,17,19-20,22,29H,7-12,14H2,1-6H3,(H,26,30)/b16-13+/t15-,17-,19+,20-,22+,24+,25+/m0/s1. The highest BCUT2D eigenvalue weighted by molar-refractivity contribution is 5.89. The van der Waals surface area contributed by atoms with Crippen LogP contribution in [0.4, 0.5) is 0 Å². The van der Waals surface area contributed by atoms with Gasteiger partial charge in [0.15, 0.2) is 0 Å². The zero-order valence-corrected chi connectivity index (χ0v) is 20.4. The normalized spacial score (nSPS) is 40.6. The lowest BCUT2D eigenvalue weighted by Gasteiger charge is -2.61. The van der Waals surface area contributed by atoms with Gasteiger partial charge in [0, 0.05) is 31.5 Å². The van der Waals surface area contributed by atoms with Crippen LogP contribution < -0.4 is 5.32 Å². The highest BCUT2D eigenvalue weighted by Crippen LogP contribution is 2.64. The van der Waals surface area contributed by atoms with Gasteiger partial charge in [-0.05, 0) is 69.9 Å². The molecule has 0 aromatic heterocycles. The lowest BCUT2D eigenvalue weighted by atomic mass is 9.42. The van der Waals surface area contributed by atoms with Crippen molar-refractivity contribution in [2.24, 2.45) is 34.5 Å². The molecule has 3 aliphatic rings. The van der Waals surface area contributed by atoms with Gasteiger partial charge in [-0.1, -0.05) is 19.4 Å². The summed E-state index contributed by atoms with van der Waals surface area (Å²) in [6.45, 7) is 7.40. The maximum atomic E-state index is 13.5. The summed E-state index contributed by atoms with van der Waals surface area (Å²) in [5.74, 6) is -0.642. The van der Waals surface area contributed by atoms with Gasteiger partial charge in [0.05, 0.1) is 18.6 Å². The first kappa shape index (κ1) is 24.9. The molecular formula is C25H40N2O5. The van der Waals surface area contributed by atoms with E-state index in [9.17, 15) is 19.5 Å². The molecule has 1 amide bonds. The number of carbonyl (C=O) groups excluding carboxylic acids is 3. The second-order valence-electron chi connectivity index (χ2n) is 10.8. The van der Waals surface area contributed by atoms with Crippen LogP contribution in [-0.2, 0) is 19.1 Å². The molecule has 2 N–H and O–H groups in total. The van der Waals surface area contributed by atoms with Gasteiger partial charge in [-0.3, -0.25) is 14.4 Å². The van der Waals surface area contributed by atoms with Crippen LogP contribution >= 0.6 is 0 Å². The number of hydrogen-bond acceptors (Lipinski definition) is 6. The fourth-order valence-corrected chi connectivity index (χ4v) is 6.94. The molecule has 0 radical (unpaired) electrons. The van der Waals surface area contributed by atoms with Gasteiger partial charge in [-0.2, -0.15) is 0 Å². The number of likely N-dealkylation sites (N-methyl/N-ethyl adjacent to an activating group) is 1. The van der Waals surface area contributed by atoms with Gasteiger partial charge in [0.2, 0.25) is 5.91 Å². The van der Waals surface area contributed by atoms with Crippen molar-refractivity contribution in [3.05, 3.63) is 11.6 Å². The summed E-state index contributed by atoms with van der Waals surface area (Å²) in [7, 11) is 5.28. The second-order valence-corrected chi connectivity index (χ2v) is 10.8. The Morgan fingerprint density at radius 1 is 1.28 bits per heavy atom.